The minimum Gasteiger partial charge on any atom is -0.365 e. The van der Waals surface area contributed by atoms with Crippen LogP contribution in [0.4, 0.5) is 14.5 Å². The molecule has 3 N–H and O–H groups in total. The maximum absolute atomic E-state index is 14.0. The highest BCUT2D eigenvalue weighted by Gasteiger charge is 2.27. The van der Waals surface area contributed by atoms with Gasteiger partial charge in [0, 0.05) is 58.7 Å². The van der Waals surface area contributed by atoms with E-state index in [0.29, 0.717) is 32.0 Å². The molecule has 2 heterocycles. The van der Waals surface area contributed by atoms with Crippen LogP contribution >= 0.6 is 24.0 Å². The van der Waals surface area contributed by atoms with Crippen LogP contribution in [0.25, 0.3) is 0 Å². The number of rotatable bonds is 7. The standard InChI is InChI=1S/C19H26F2N6O2S.HI/c1-22-19(23-8-9-24-30(28,29)15-7-10-26(2)13-15)25-14-6-11-27(12-14)18-16(20)4-3-5-17(18)21;/h3-5,7,10,13-14,24H,6,8-9,11-12H2,1-2H3,(H2,22,23,25);1H. The molecule has 0 saturated carbocycles. The van der Waals surface area contributed by atoms with Crippen LogP contribution in [0, 0.1) is 11.6 Å². The van der Waals surface area contributed by atoms with Crippen molar-refractivity contribution in [2.75, 3.05) is 38.1 Å². The number of nitrogens with zero attached hydrogens (tertiary/aromatic N) is 3. The van der Waals surface area contributed by atoms with Crippen molar-refractivity contribution in [1.82, 2.24) is 19.9 Å². The lowest BCUT2D eigenvalue weighted by Crippen LogP contribution is -2.46. The number of guanidine groups is 1. The average molecular weight is 568 g/mol. The Kier molecular flexibility index (Phi) is 9.06. The number of hydrogen-bond acceptors (Lipinski definition) is 4. The molecule has 12 heteroatoms. The monoisotopic (exact) mass is 568 g/mol. The second kappa shape index (κ2) is 11.1. The van der Waals surface area contributed by atoms with E-state index in [1.807, 2.05) is 0 Å². The molecule has 31 heavy (non-hydrogen) atoms. The quantitative estimate of drug-likeness (QED) is 0.205. The summed E-state index contributed by atoms with van der Waals surface area (Å²) >= 11 is 0. The van der Waals surface area contributed by atoms with Gasteiger partial charge in [0.25, 0.3) is 0 Å². The number of aryl methyl sites for hydroxylation is 1. The topological polar surface area (TPSA) is 90.8 Å². The second-order valence-corrected chi connectivity index (χ2v) is 8.82. The highest BCUT2D eigenvalue weighted by Crippen LogP contribution is 2.26. The molecular formula is C19H27F2IN6O2S. The molecule has 0 amide bonds. The van der Waals surface area contributed by atoms with E-state index in [1.54, 1.807) is 29.8 Å². The van der Waals surface area contributed by atoms with Gasteiger partial charge in [0.2, 0.25) is 10.0 Å². The lowest BCUT2D eigenvalue weighted by Gasteiger charge is -2.21. The summed E-state index contributed by atoms with van der Waals surface area (Å²) in [6.07, 6.45) is 3.88. The van der Waals surface area contributed by atoms with E-state index in [-0.39, 0.29) is 47.1 Å². The Bertz CT molecular complexity index is 994. The number of halogens is 3. The lowest BCUT2D eigenvalue weighted by molar-refractivity contribution is 0.574. The van der Waals surface area contributed by atoms with Crippen molar-refractivity contribution in [3.63, 3.8) is 0 Å². The lowest BCUT2D eigenvalue weighted by atomic mass is 10.2. The van der Waals surface area contributed by atoms with E-state index < -0.39 is 21.7 Å². The van der Waals surface area contributed by atoms with Gasteiger partial charge in [-0.25, -0.2) is 21.9 Å². The van der Waals surface area contributed by atoms with Crippen molar-refractivity contribution < 1.29 is 17.2 Å². The fraction of sp³-hybridized carbons (Fsp3) is 0.421. The number of para-hydroxylation sites is 1. The van der Waals surface area contributed by atoms with E-state index in [1.165, 1.54) is 30.5 Å². The van der Waals surface area contributed by atoms with Crippen molar-refractivity contribution in [3.8, 4) is 0 Å². The van der Waals surface area contributed by atoms with Crippen LogP contribution in [0.15, 0.2) is 46.5 Å². The number of nitrogens with one attached hydrogen (secondary N) is 3. The minimum absolute atomic E-state index is 0. The molecule has 0 spiro atoms. The first-order valence-corrected chi connectivity index (χ1v) is 11.1. The average Bonchev–Trinajstić information content (AvgIpc) is 3.33. The third-order valence-electron chi connectivity index (χ3n) is 4.83. The van der Waals surface area contributed by atoms with Gasteiger partial charge in [0.15, 0.2) is 5.96 Å². The zero-order valence-corrected chi connectivity index (χ0v) is 20.5. The number of sulfonamides is 1. The van der Waals surface area contributed by atoms with Crippen LogP contribution in [0.5, 0.6) is 0 Å². The summed E-state index contributed by atoms with van der Waals surface area (Å²) in [6, 6.07) is 5.32. The minimum atomic E-state index is -3.56. The van der Waals surface area contributed by atoms with Crippen LogP contribution < -0.4 is 20.3 Å². The smallest absolute Gasteiger partial charge is 0.242 e. The van der Waals surface area contributed by atoms with Gasteiger partial charge in [-0.3, -0.25) is 4.99 Å². The molecule has 0 bridgehead atoms. The Hall–Kier alpha value is -1.93. The summed E-state index contributed by atoms with van der Waals surface area (Å²) in [7, 11) is -0.207. The largest absolute Gasteiger partial charge is 0.365 e. The first-order valence-electron chi connectivity index (χ1n) is 9.58. The predicted octanol–water partition coefficient (Wildman–Crippen LogP) is 1.64. The molecule has 1 fully saturated rings. The molecule has 1 aromatic heterocycles. The zero-order chi connectivity index (χ0) is 21.7. The van der Waals surface area contributed by atoms with Gasteiger partial charge < -0.3 is 20.1 Å². The first kappa shape index (κ1) is 25.3. The molecule has 1 aliphatic rings. The zero-order valence-electron chi connectivity index (χ0n) is 17.3. The third kappa shape index (κ3) is 6.53. The summed E-state index contributed by atoms with van der Waals surface area (Å²) in [5, 5.41) is 6.25. The molecule has 1 atom stereocenters. The number of aromatic nitrogens is 1. The number of anilines is 1. The molecule has 172 valence electrons. The van der Waals surface area contributed by atoms with Crippen molar-refractivity contribution >= 4 is 45.6 Å². The fourth-order valence-electron chi connectivity index (χ4n) is 3.35. The summed E-state index contributed by atoms with van der Waals surface area (Å²) in [5.74, 6) is -0.664. The molecule has 1 aromatic carbocycles. The van der Waals surface area contributed by atoms with E-state index in [2.05, 4.69) is 20.3 Å². The molecule has 0 aliphatic carbocycles. The molecule has 0 radical (unpaired) electrons. The Labute approximate surface area is 198 Å². The number of aliphatic imine (C=N–C) groups is 1. The van der Waals surface area contributed by atoms with Gasteiger partial charge in [0.1, 0.15) is 17.3 Å². The Morgan fingerprint density at radius 3 is 2.55 bits per heavy atom. The fourth-order valence-corrected chi connectivity index (χ4v) is 4.43. The molecule has 3 rings (SSSR count). The maximum atomic E-state index is 14.0. The molecule has 2 aromatic rings. The van der Waals surface area contributed by atoms with Gasteiger partial charge in [-0.2, -0.15) is 0 Å². The van der Waals surface area contributed by atoms with E-state index >= 15 is 0 Å². The third-order valence-corrected chi connectivity index (χ3v) is 6.28. The summed E-state index contributed by atoms with van der Waals surface area (Å²) in [4.78, 5) is 6.00. The number of benzene rings is 1. The molecule has 1 saturated heterocycles. The van der Waals surface area contributed by atoms with Crippen molar-refractivity contribution in [3.05, 3.63) is 48.3 Å². The Morgan fingerprint density at radius 1 is 1.23 bits per heavy atom. The second-order valence-electron chi connectivity index (χ2n) is 7.06. The summed E-state index contributed by atoms with van der Waals surface area (Å²) in [6.45, 7) is 1.45. The molecule has 1 unspecified atom stereocenters. The highest BCUT2D eigenvalue weighted by atomic mass is 127. The van der Waals surface area contributed by atoms with Crippen molar-refractivity contribution in [1.29, 1.82) is 0 Å². The SMILES string of the molecule is CN=C(NCCNS(=O)(=O)c1ccn(C)c1)NC1CCN(c2c(F)cccc2F)C1.I. The van der Waals surface area contributed by atoms with Crippen molar-refractivity contribution in [2.24, 2.45) is 12.0 Å². The van der Waals surface area contributed by atoms with Gasteiger partial charge in [-0.15, -0.1) is 24.0 Å². The van der Waals surface area contributed by atoms with Crippen molar-refractivity contribution in [2.45, 2.75) is 17.4 Å². The summed E-state index contributed by atoms with van der Waals surface area (Å²) < 4.78 is 56.6. The van der Waals surface area contributed by atoms with Crippen LogP contribution in [0.3, 0.4) is 0 Å². The van der Waals surface area contributed by atoms with Crippen LogP contribution in [-0.2, 0) is 17.1 Å². The van der Waals surface area contributed by atoms with E-state index in [9.17, 15) is 17.2 Å². The van der Waals surface area contributed by atoms with Crippen LogP contribution in [-0.4, -0.2) is 58.2 Å². The number of hydrogen-bond donors (Lipinski definition) is 3. The van der Waals surface area contributed by atoms with E-state index in [4.69, 9.17) is 0 Å². The Morgan fingerprint density at radius 2 is 1.94 bits per heavy atom. The van der Waals surface area contributed by atoms with E-state index in [0.717, 1.165) is 0 Å². The van der Waals surface area contributed by atoms with Gasteiger partial charge in [-0.1, -0.05) is 6.07 Å². The van der Waals surface area contributed by atoms with Gasteiger partial charge >= 0.3 is 0 Å². The first-order chi connectivity index (χ1) is 14.3. The Balaban J connectivity index is 0.00000341. The maximum Gasteiger partial charge on any atom is 0.242 e. The molecule has 1 aliphatic heterocycles. The molecule has 8 nitrogen and oxygen atoms in total. The highest BCUT2D eigenvalue weighted by molar-refractivity contribution is 14.0. The normalized spacial score (nSPS) is 16.8. The van der Waals surface area contributed by atoms with Gasteiger partial charge in [0.05, 0.1) is 4.90 Å². The van der Waals surface area contributed by atoms with Crippen LogP contribution in [0.1, 0.15) is 6.42 Å². The molecular weight excluding hydrogens is 541 g/mol. The summed E-state index contributed by atoms with van der Waals surface area (Å²) in [5.41, 5.74) is -0.0138. The van der Waals surface area contributed by atoms with Gasteiger partial charge in [-0.05, 0) is 24.6 Å². The van der Waals surface area contributed by atoms with Crippen LogP contribution in [0.2, 0.25) is 0 Å². The predicted molar refractivity (Wildman–Crippen MR) is 127 cm³/mol.